The minimum Gasteiger partial charge on any atom is -0.469 e. The van der Waals surface area contributed by atoms with Gasteiger partial charge in [-0.2, -0.15) is 0 Å². The highest BCUT2D eigenvalue weighted by molar-refractivity contribution is 5.96. The molecular weight excluding hydrogens is 282 g/mol. The maximum Gasteiger partial charge on any atom is 0.349 e. The highest BCUT2D eigenvalue weighted by atomic mass is 16.4. The molecule has 1 N–H and O–H groups in total. The van der Waals surface area contributed by atoms with E-state index in [1.807, 2.05) is 19.1 Å². The summed E-state index contributed by atoms with van der Waals surface area (Å²) in [6.07, 6.45) is 2.14. The van der Waals surface area contributed by atoms with Gasteiger partial charge in [0, 0.05) is 17.8 Å². The van der Waals surface area contributed by atoms with Gasteiger partial charge in [0.1, 0.15) is 16.9 Å². The summed E-state index contributed by atoms with van der Waals surface area (Å²) in [4.78, 5) is 24.2. The predicted molar refractivity (Wildman–Crippen MR) is 81.8 cm³/mol. The van der Waals surface area contributed by atoms with Gasteiger partial charge in [0.25, 0.3) is 5.91 Å². The molecule has 0 aliphatic rings. The molecule has 1 aromatic carbocycles. The maximum absolute atomic E-state index is 12.2. The van der Waals surface area contributed by atoms with Crippen molar-refractivity contribution in [1.29, 1.82) is 0 Å². The van der Waals surface area contributed by atoms with Crippen LogP contribution in [-0.4, -0.2) is 11.9 Å². The van der Waals surface area contributed by atoms with E-state index < -0.39 is 11.5 Å². The third kappa shape index (κ3) is 2.93. The molecule has 0 saturated heterocycles. The first-order valence-electron chi connectivity index (χ1n) is 6.99. The Kier molecular flexibility index (Phi) is 3.78. The topological polar surface area (TPSA) is 72.5 Å². The number of rotatable bonds is 4. The lowest BCUT2D eigenvalue weighted by atomic mass is 10.1. The molecule has 3 rings (SSSR count). The fourth-order valence-corrected chi connectivity index (χ4v) is 2.30. The molecule has 0 spiro atoms. The molecule has 112 valence electrons. The number of hydrogen-bond donors (Lipinski definition) is 1. The maximum atomic E-state index is 12.2. The summed E-state index contributed by atoms with van der Waals surface area (Å²) >= 11 is 0. The van der Waals surface area contributed by atoms with Crippen molar-refractivity contribution in [3.05, 3.63) is 70.5 Å². The second kappa shape index (κ2) is 5.89. The van der Waals surface area contributed by atoms with Crippen molar-refractivity contribution < 1.29 is 13.6 Å². The normalized spacial score (nSPS) is 12.2. The molecular formula is C17H15NO4. The summed E-state index contributed by atoms with van der Waals surface area (Å²) in [5.41, 5.74) is -0.168. The van der Waals surface area contributed by atoms with Crippen LogP contribution in [0.5, 0.6) is 0 Å². The molecule has 0 bridgehead atoms. The van der Waals surface area contributed by atoms with Gasteiger partial charge in [-0.15, -0.1) is 0 Å². The SMILES string of the molecule is CC(Cc1ccco1)NC(=O)c1cc2ccccc2oc1=O. The molecule has 3 aromatic rings. The molecule has 5 heteroatoms. The Morgan fingerprint density at radius 2 is 2.05 bits per heavy atom. The van der Waals surface area contributed by atoms with Gasteiger partial charge >= 0.3 is 5.63 Å². The number of fused-ring (bicyclic) bond motifs is 1. The summed E-state index contributed by atoms with van der Waals surface area (Å²) in [6.45, 7) is 1.85. The summed E-state index contributed by atoms with van der Waals surface area (Å²) in [6, 6.07) is 12.1. The van der Waals surface area contributed by atoms with Crippen LogP contribution in [0.15, 0.2) is 62.4 Å². The van der Waals surface area contributed by atoms with Crippen LogP contribution in [0.3, 0.4) is 0 Å². The number of furan rings is 1. The minimum atomic E-state index is -0.638. The largest absolute Gasteiger partial charge is 0.469 e. The lowest BCUT2D eigenvalue weighted by Crippen LogP contribution is -2.36. The van der Waals surface area contributed by atoms with Crippen molar-refractivity contribution in [2.75, 3.05) is 0 Å². The quantitative estimate of drug-likeness (QED) is 0.752. The fourth-order valence-electron chi connectivity index (χ4n) is 2.30. The second-order valence-electron chi connectivity index (χ2n) is 5.14. The zero-order valence-electron chi connectivity index (χ0n) is 12.0. The third-order valence-corrected chi connectivity index (χ3v) is 3.35. The van der Waals surface area contributed by atoms with Crippen LogP contribution in [0.1, 0.15) is 23.0 Å². The Morgan fingerprint density at radius 1 is 1.23 bits per heavy atom. The molecule has 22 heavy (non-hydrogen) atoms. The Labute approximate surface area is 126 Å². The van der Waals surface area contributed by atoms with Crippen LogP contribution in [0, 0.1) is 0 Å². The van der Waals surface area contributed by atoms with Crippen LogP contribution in [0.4, 0.5) is 0 Å². The summed E-state index contributed by atoms with van der Waals surface area (Å²) < 4.78 is 10.4. The second-order valence-corrected chi connectivity index (χ2v) is 5.14. The van der Waals surface area contributed by atoms with E-state index in [9.17, 15) is 9.59 Å². The van der Waals surface area contributed by atoms with Gasteiger partial charge in [0.05, 0.1) is 6.26 Å². The molecule has 2 heterocycles. The van der Waals surface area contributed by atoms with Gasteiger partial charge < -0.3 is 14.2 Å². The molecule has 1 atom stereocenters. The smallest absolute Gasteiger partial charge is 0.349 e. The van der Waals surface area contributed by atoms with Crippen LogP contribution >= 0.6 is 0 Å². The highest BCUT2D eigenvalue weighted by Gasteiger charge is 2.16. The van der Waals surface area contributed by atoms with Gasteiger partial charge in [-0.1, -0.05) is 18.2 Å². The Bertz CT molecular complexity index is 848. The van der Waals surface area contributed by atoms with E-state index in [-0.39, 0.29) is 11.6 Å². The van der Waals surface area contributed by atoms with Crippen LogP contribution in [0.25, 0.3) is 11.0 Å². The average Bonchev–Trinajstić information content (AvgIpc) is 2.99. The lowest BCUT2D eigenvalue weighted by molar-refractivity contribution is 0.0935. The van der Waals surface area contributed by atoms with Gasteiger partial charge in [0.15, 0.2) is 0 Å². The summed E-state index contributed by atoms with van der Waals surface area (Å²) in [5, 5.41) is 3.49. The fraction of sp³-hybridized carbons (Fsp3) is 0.176. The standard InChI is InChI=1S/C17H15NO4/c1-11(9-13-6-4-8-21-13)18-16(19)14-10-12-5-2-3-7-15(12)22-17(14)20/h2-8,10-11H,9H2,1H3,(H,18,19). The zero-order chi connectivity index (χ0) is 15.5. The number of amides is 1. The van der Waals surface area contributed by atoms with Crippen molar-refractivity contribution in [1.82, 2.24) is 5.32 Å². The molecule has 0 aliphatic heterocycles. The third-order valence-electron chi connectivity index (χ3n) is 3.35. The molecule has 0 saturated carbocycles. The summed E-state index contributed by atoms with van der Waals surface area (Å²) in [5.74, 6) is 0.330. The average molecular weight is 297 g/mol. The first-order chi connectivity index (χ1) is 10.6. The van der Waals surface area contributed by atoms with Crippen molar-refractivity contribution in [3.8, 4) is 0 Å². The van der Waals surface area contributed by atoms with Gasteiger partial charge in [0.2, 0.25) is 0 Å². The van der Waals surface area contributed by atoms with E-state index in [1.165, 1.54) is 0 Å². The van der Waals surface area contributed by atoms with E-state index in [0.29, 0.717) is 17.4 Å². The van der Waals surface area contributed by atoms with Gasteiger partial charge in [-0.3, -0.25) is 4.79 Å². The van der Waals surface area contributed by atoms with Crippen LogP contribution in [-0.2, 0) is 6.42 Å². The minimum absolute atomic E-state index is 0.00462. The van der Waals surface area contributed by atoms with E-state index in [4.69, 9.17) is 8.83 Å². The monoisotopic (exact) mass is 297 g/mol. The lowest BCUT2D eigenvalue weighted by Gasteiger charge is -2.12. The molecule has 0 radical (unpaired) electrons. The molecule has 2 aromatic heterocycles. The van der Waals surface area contributed by atoms with E-state index >= 15 is 0 Å². The number of benzene rings is 1. The van der Waals surface area contributed by atoms with Crippen molar-refractivity contribution in [2.45, 2.75) is 19.4 Å². The predicted octanol–water partition coefficient (Wildman–Crippen LogP) is 2.75. The zero-order valence-corrected chi connectivity index (χ0v) is 12.0. The first-order valence-corrected chi connectivity index (χ1v) is 6.99. The number of carbonyl (C=O) groups is 1. The summed E-state index contributed by atoms with van der Waals surface area (Å²) in [7, 11) is 0. The van der Waals surface area contributed by atoms with Crippen molar-refractivity contribution in [2.24, 2.45) is 0 Å². The van der Waals surface area contributed by atoms with E-state index in [2.05, 4.69) is 5.32 Å². The number of para-hydroxylation sites is 1. The van der Waals surface area contributed by atoms with E-state index in [1.54, 1.807) is 36.6 Å². The molecule has 1 unspecified atom stereocenters. The van der Waals surface area contributed by atoms with Crippen molar-refractivity contribution in [3.63, 3.8) is 0 Å². The van der Waals surface area contributed by atoms with Crippen LogP contribution in [0.2, 0.25) is 0 Å². The first kappa shape index (κ1) is 14.1. The van der Waals surface area contributed by atoms with Gasteiger partial charge in [-0.05, 0) is 31.2 Å². The Morgan fingerprint density at radius 3 is 2.82 bits per heavy atom. The number of carbonyl (C=O) groups excluding carboxylic acids is 1. The Balaban J connectivity index is 1.79. The van der Waals surface area contributed by atoms with Crippen molar-refractivity contribution >= 4 is 16.9 Å². The van der Waals surface area contributed by atoms with Gasteiger partial charge in [-0.25, -0.2) is 4.79 Å². The molecule has 0 fully saturated rings. The van der Waals surface area contributed by atoms with Crippen LogP contribution < -0.4 is 10.9 Å². The molecule has 5 nitrogen and oxygen atoms in total. The highest BCUT2D eigenvalue weighted by Crippen LogP contribution is 2.13. The molecule has 1 amide bonds. The Hall–Kier alpha value is -2.82. The molecule has 0 aliphatic carbocycles. The number of nitrogens with one attached hydrogen (secondary N) is 1. The number of hydrogen-bond acceptors (Lipinski definition) is 4. The van der Waals surface area contributed by atoms with E-state index in [0.717, 1.165) is 5.76 Å².